The first-order chi connectivity index (χ1) is 7.63. The van der Waals surface area contributed by atoms with Gasteiger partial charge in [-0.15, -0.1) is 0 Å². The Hall–Kier alpha value is -1.33. The van der Waals surface area contributed by atoms with Gasteiger partial charge in [0.15, 0.2) is 0 Å². The number of hydrogen-bond acceptors (Lipinski definition) is 2. The minimum absolute atomic E-state index is 0.157. The highest BCUT2D eigenvalue weighted by atomic mass is 14.6. The molecule has 0 unspecified atom stereocenters. The maximum Gasteiger partial charge on any atom is 0.0994 e. The molecule has 1 aliphatic rings. The van der Waals surface area contributed by atoms with Crippen LogP contribution in [0.1, 0.15) is 41.5 Å². The second kappa shape index (κ2) is 3.92. The van der Waals surface area contributed by atoms with Crippen molar-refractivity contribution in [2.75, 3.05) is 6.54 Å². The molecule has 1 aliphatic carbocycles. The van der Waals surface area contributed by atoms with Crippen molar-refractivity contribution in [1.29, 1.82) is 5.26 Å². The van der Waals surface area contributed by atoms with Crippen LogP contribution in [0.2, 0.25) is 0 Å². The fourth-order valence-corrected chi connectivity index (χ4v) is 2.50. The summed E-state index contributed by atoms with van der Waals surface area (Å²) < 4.78 is 0. The van der Waals surface area contributed by atoms with Crippen LogP contribution in [0.5, 0.6) is 0 Å². The average molecular weight is 214 g/mol. The van der Waals surface area contributed by atoms with E-state index in [1.807, 2.05) is 13.0 Å². The third-order valence-electron chi connectivity index (χ3n) is 4.10. The van der Waals surface area contributed by atoms with Crippen molar-refractivity contribution in [3.8, 4) is 6.07 Å². The van der Waals surface area contributed by atoms with Crippen LogP contribution in [0, 0.1) is 25.2 Å². The topological polar surface area (TPSA) is 49.8 Å². The molecule has 0 aromatic heterocycles. The van der Waals surface area contributed by atoms with Crippen molar-refractivity contribution in [3.63, 3.8) is 0 Å². The predicted molar refractivity (Wildman–Crippen MR) is 65.2 cm³/mol. The van der Waals surface area contributed by atoms with E-state index in [9.17, 15) is 0 Å². The molecule has 1 aromatic rings. The Labute approximate surface area is 97.1 Å². The Balaban J connectivity index is 2.51. The van der Waals surface area contributed by atoms with Gasteiger partial charge in [0.2, 0.25) is 0 Å². The fraction of sp³-hybridized carbons (Fsp3) is 0.500. The Kier molecular flexibility index (Phi) is 2.73. The van der Waals surface area contributed by atoms with Crippen molar-refractivity contribution < 1.29 is 0 Å². The number of hydrogen-bond donors (Lipinski definition) is 1. The lowest BCUT2D eigenvalue weighted by atomic mass is 9.64. The third kappa shape index (κ3) is 1.52. The molecule has 2 heteroatoms. The summed E-state index contributed by atoms with van der Waals surface area (Å²) in [5, 5.41) is 9.12. The number of benzene rings is 1. The largest absolute Gasteiger partial charge is 0.330 e. The normalized spacial score (nSPS) is 17.6. The van der Waals surface area contributed by atoms with Gasteiger partial charge in [-0.2, -0.15) is 5.26 Å². The van der Waals surface area contributed by atoms with E-state index in [1.165, 1.54) is 17.5 Å². The van der Waals surface area contributed by atoms with E-state index in [4.69, 9.17) is 11.0 Å². The zero-order valence-electron chi connectivity index (χ0n) is 10.0. The summed E-state index contributed by atoms with van der Waals surface area (Å²) in [6.45, 7) is 4.77. The monoisotopic (exact) mass is 214 g/mol. The molecule has 1 saturated carbocycles. The minimum atomic E-state index is 0.157. The maximum atomic E-state index is 9.12. The van der Waals surface area contributed by atoms with Crippen LogP contribution in [-0.4, -0.2) is 6.54 Å². The van der Waals surface area contributed by atoms with Crippen molar-refractivity contribution in [1.82, 2.24) is 0 Å². The smallest absolute Gasteiger partial charge is 0.0994 e. The Bertz CT molecular complexity index is 445. The van der Waals surface area contributed by atoms with Gasteiger partial charge in [0.1, 0.15) is 0 Å². The van der Waals surface area contributed by atoms with Gasteiger partial charge in [0, 0.05) is 12.0 Å². The summed E-state index contributed by atoms with van der Waals surface area (Å²) in [6, 6.07) is 6.53. The van der Waals surface area contributed by atoms with E-state index >= 15 is 0 Å². The van der Waals surface area contributed by atoms with E-state index in [0.717, 1.165) is 24.0 Å². The summed E-state index contributed by atoms with van der Waals surface area (Å²) in [5.41, 5.74) is 10.4. The summed E-state index contributed by atoms with van der Waals surface area (Å²) in [4.78, 5) is 0. The van der Waals surface area contributed by atoms with E-state index in [0.29, 0.717) is 6.54 Å². The van der Waals surface area contributed by atoms with Gasteiger partial charge >= 0.3 is 0 Å². The van der Waals surface area contributed by atoms with Gasteiger partial charge in [-0.1, -0.05) is 12.5 Å². The third-order valence-corrected chi connectivity index (χ3v) is 4.10. The molecular formula is C14H18N2. The molecule has 2 nitrogen and oxygen atoms in total. The molecule has 1 aromatic carbocycles. The van der Waals surface area contributed by atoms with Gasteiger partial charge in [-0.3, -0.25) is 0 Å². The number of aryl methyl sites for hydroxylation is 1. The highest BCUT2D eigenvalue weighted by Gasteiger charge is 2.37. The standard InChI is InChI=1S/C14H18N2/c1-10-6-13(7-12(8-15)11(10)2)14(9-16)4-3-5-14/h6-7H,3-5,9,16H2,1-2H3. The molecule has 0 amide bonds. The lowest BCUT2D eigenvalue weighted by molar-refractivity contribution is 0.253. The van der Waals surface area contributed by atoms with Crippen molar-refractivity contribution in [2.45, 2.75) is 38.5 Å². The molecular weight excluding hydrogens is 196 g/mol. The lowest BCUT2D eigenvalue weighted by Crippen LogP contribution is -2.41. The molecule has 1 fully saturated rings. The molecule has 84 valence electrons. The first-order valence-corrected chi connectivity index (χ1v) is 5.85. The average Bonchev–Trinajstić information content (AvgIpc) is 2.22. The summed E-state index contributed by atoms with van der Waals surface area (Å²) in [7, 11) is 0. The number of nitrogens with two attached hydrogens (primary N) is 1. The summed E-state index contributed by atoms with van der Waals surface area (Å²) in [6.07, 6.45) is 3.58. The van der Waals surface area contributed by atoms with Crippen LogP contribution < -0.4 is 5.73 Å². The van der Waals surface area contributed by atoms with Gasteiger partial charge < -0.3 is 5.73 Å². The van der Waals surface area contributed by atoms with Crippen LogP contribution in [0.15, 0.2) is 12.1 Å². The van der Waals surface area contributed by atoms with Crippen LogP contribution in [0.25, 0.3) is 0 Å². The van der Waals surface area contributed by atoms with Gasteiger partial charge in [0.25, 0.3) is 0 Å². The zero-order valence-corrected chi connectivity index (χ0v) is 10.0. The molecule has 2 rings (SSSR count). The molecule has 0 atom stereocenters. The highest BCUT2D eigenvalue weighted by Crippen LogP contribution is 2.43. The van der Waals surface area contributed by atoms with Crippen molar-refractivity contribution in [3.05, 3.63) is 34.4 Å². The summed E-state index contributed by atoms with van der Waals surface area (Å²) >= 11 is 0. The first-order valence-electron chi connectivity index (χ1n) is 5.85. The quantitative estimate of drug-likeness (QED) is 0.822. The highest BCUT2D eigenvalue weighted by molar-refractivity contribution is 5.47. The minimum Gasteiger partial charge on any atom is -0.330 e. The molecule has 16 heavy (non-hydrogen) atoms. The van der Waals surface area contributed by atoms with Crippen molar-refractivity contribution in [2.24, 2.45) is 5.73 Å². The molecule has 0 aliphatic heterocycles. The van der Waals surface area contributed by atoms with E-state index in [1.54, 1.807) is 0 Å². The Morgan fingerprint density at radius 2 is 2.06 bits per heavy atom. The van der Waals surface area contributed by atoms with Crippen LogP contribution in [-0.2, 0) is 5.41 Å². The molecule has 2 N–H and O–H groups in total. The van der Waals surface area contributed by atoms with Crippen LogP contribution in [0.4, 0.5) is 0 Å². The maximum absolute atomic E-state index is 9.12. The molecule has 0 heterocycles. The molecule has 0 radical (unpaired) electrons. The SMILES string of the molecule is Cc1cc(C2(CN)CCC2)cc(C#N)c1C. The first kappa shape index (κ1) is 11.2. The number of nitrogens with zero attached hydrogens (tertiary/aromatic N) is 1. The fourth-order valence-electron chi connectivity index (χ4n) is 2.50. The van der Waals surface area contributed by atoms with Crippen molar-refractivity contribution >= 4 is 0 Å². The van der Waals surface area contributed by atoms with Crippen LogP contribution >= 0.6 is 0 Å². The van der Waals surface area contributed by atoms with E-state index in [2.05, 4.69) is 19.1 Å². The second-order valence-electron chi connectivity index (χ2n) is 4.92. The number of rotatable bonds is 2. The molecule has 0 spiro atoms. The lowest BCUT2D eigenvalue weighted by Gasteiger charge is -2.42. The molecule has 0 saturated heterocycles. The van der Waals surface area contributed by atoms with Crippen LogP contribution in [0.3, 0.4) is 0 Å². The molecule has 0 bridgehead atoms. The zero-order chi connectivity index (χ0) is 11.8. The summed E-state index contributed by atoms with van der Waals surface area (Å²) in [5.74, 6) is 0. The van der Waals surface area contributed by atoms with E-state index < -0.39 is 0 Å². The Morgan fingerprint density at radius 1 is 1.38 bits per heavy atom. The predicted octanol–water partition coefficient (Wildman–Crippen LogP) is 2.56. The second-order valence-corrected chi connectivity index (χ2v) is 4.92. The Morgan fingerprint density at radius 3 is 2.50 bits per heavy atom. The number of nitriles is 1. The van der Waals surface area contributed by atoms with E-state index in [-0.39, 0.29) is 5.41 Å². The van der Waals surface area contributed by atoms with Gasteiger partial charge in [-0.05, 0) is 49.4 Å². The van der Waals surface area contributed by atoms with Gasteiger partial charge in [-0.25, -0.2) is 0 Å². The van der Waals surface area contributed by atoms with Gasteiger partial charge in [0.05, 0.1) is 11.6 Å².